The molecule has 4 heteroatoms. The lowest BCUT2D eigenvalue weighted by molar-refractivity contribution is 0.240. The van der Waals surface area contributed by atoms with Crippen LogP contribution in [0.5, 0.6) is 0 Å². The normalized spacial score (nSPS) is 52.1. The van der Waals surface area contributed by atoms with E-state index in [4.69, 9.17) is 0 Å². The first-order chi connectivity index (χ1) is 6.42. The Kier molecular flexibility index (Phi) is 1.54. The van der Waals surface area contributed by atoms with Crippen LogP contribution in [-0.4, -0.2) is 20.2 Å². The molecule has 3 fully saturated rings. The highest BCUT2D eigenvalue weighted by Crippen LogP contribution is 2.61. The average molecular weight is 215 g/mol. The summed E-state index contributed by atoms with van der Waals surface area (Å²) in [5.74, 6) is 1.98. The summed E-state index contributed by atoms with van der Waals surface area (Å²) in [5, 5.41) is 0. The second-order valence-corrected chi connectivity index (χ2v) is 7.50. The second kappa shape index (κ2) is 2.35. The molecule has 0 aromatic carbocycles. The number of nitrogens with one attached hydrogen (secondary N) is 1. The lowest BCUT2D eigenvalue weighted by atomic mass is 9.80. The Bertz CT molecular complexity index is 346. The molecule has 3 nitrogen and oxygen atoms in total. The van der Waals surface area contributed by atoms with Gasteiger partial charge < -0.3 is 0 Å². The average Bonchev–Trinajstić information content (AvgIpc) is 2.54. The highest BCUT2D eigenvalue weighted by atomic mass is 32.2. The molecule has 0 aromatic heterocycles. The Labute approximate surface area is 85.3 Å². The van der Waals surface area contributed by atoms with E-state index in [9.17, 15) is 8.42 Å². The van der Waals surface area contributed by atoms with Crippen LogP contribution in [0.2, 0.25) is 0 Å². The maximum atomic E-state index is 11.5. The minimum absolute atomic E-state index is 0.258. The van der Waals surface area contributed by atoms with Gasteiger partial charge in [-0.3, -0.25) is 0 Å². The summed E-state index contributed by atoms with van der Waals surface area (Å²) in [6.45, 7) is 4.61. The largest absolute Gasteiger partial charge is 0.212 e. The van der Waals surface area contributed by atoms with Crippen molar-refractivity contribution in [2.24, 2.45) is 23.2 Å². The van der Waals surface area contributed by atoms with Crippen LogP contribution in [0.3, 0.4) is 0 Å². The van der Waals surface area contributed by atoms with E-state index in [-0.39, 0.29) is 6.04 Å². The van der Waals surface area contributed by atoms with Crippen LogP contribution in [0.4, 0.5) is 0 Å². The third-order valence-electron chi connectivity index (χ3n) is 4.84. The fourth-order valence-corrected chi connectivity index (χ4v) is 6.03. The zero-order valence-corrected chi connectivity index (χ0v) is 9.47. The highest BCUT2D eigenvalue weighted by Gasteiger charge is 2.62. The molecule has 2 saturated carbocycles. The maximum Gasteiger partial charge on any atom is 0.212 e. The molecule has 3 rings (SSSR count). The highest BCUT2D eigenvalue weighted by molar-refractivity contribution is 7.89. The van der Waals surface area contributed by atoms with Gasteiger partial charge in [0.15, 0.2) is 0 Å². The third-order valence-corrected chi connectivity index (χ3v) is 6.29. The van der Waals surface area contributed by atoms with Gasteiger partial charge in [0, 0.05) is 6.04 Å². The Balaban J connectivity index is 2.01. The van der Waals surface area contributed by atoms with Crippen molar-refractivity contribution in [3.63, 3.8) is 0 Å². The fraction of sp³-hybridized carbons (Fsp3) is 1.00. The van der Waals surface area contributed by atoms with Crippen LogP contribution < -0.4 is 4.72 Å². The van der Waals surface area contributed by atoms with Crippen LogP contribution in [0.15, 0.2) is 0 Å². The molecule has 1 saturated heterocycles. The smallest absolute Gasteiger partial charge is 0.212 e. The number of hydrogen-bond donors (Lipinski definition) is 1. The van der Waals surface area contributed by atoms with Gasteiger partial charge in [0.05, 0.1) is 5.75 Å². The molecule has 3 aliphatic rings. The van der Waals surface area contributed by atoms with Gasteiger partial charge in [-0.05, 0) is 36.0 Å². The number of hydrogen-bond acceptors (Lipinski definition) is 2. The van der Waals surface area contributed by atoms with Crippen LogP contribution in [0.25, 0.3) is 0 Å². The Morgan fingerprint density at radius 2 is 1.86 bits per heavy atom. The van der Waals surface area contributed by atoms with E-state index in [1.165, 1.54) is 12.8 Å². The van der Waals surface area contributed by atoms with Crippen molar-refractivity contribution in [3.05, 3.63) is 0 Å². The van der Waals surface area contributed by atoms with E-state index in [0.717, 1.165) is 0 Å². The summed E-state index contributed by atoms with van der Waals surface area (Å²) in [7, 11) is -2.93. The summed E-state index contributed by atoms with van der Waals surface area (Å²) >= 11 is 0. The molecule has 80 valence electrons. The van der Waals surface area contributed by atoms with Gasteiger partial charge in [-0.1, -0.05) is 13.8 Å². The van der Waals surface area contributed by atoms with Crippen molar-refractivity contribution in [1.82, 2.24) is 4.72 Å². The Morgan fingerprint density at radius 1 is 1.21 bits per heavy atom. The van der Waals surface area contributed by atoms with Gasteiger partial charge in [0.2, 0.25) is 10.0 Å². The molecule has 2 bridgehead atoms. The molecule has 1 N–H and O–H groups in total. The minimum atomic E-state index is -2.93. The molecule has 2 aliphatic carbocycles. The molecule has 1 aliphatic heterocycles. The SMILES string of the molecule is CC1(C)[C@H]2CC[C@H]1[C@@H]1NS(=O)(=O)C[C@H]12. The van der Waals surface area contributed by atoms with Crippen molar-refractivity contribution in [1.29, 1.82) is 0 Å². The number of sulfonamides is 1. The molecule has 0 radical (unpaired) electrons. The van der Waals surface area contributed by atoms with Crippen LogP contribution in [0, 0.1) is 23.2 Å². The van der Waals surface area contributed by atoms with Gasteiger partial charge in [-0.15, -0.1) is 0 Å². The van der Waals surface area contributed by atoms with Gasteiger partial charge in [0.1, 0.15) is 0 Å². The standard InChI is InChI=1S/C10H17NO2S/c1-10(2)7-3-4-8(10)9-6(7)5-14(12,13)11-9/h6-9,11H,3-5H2,1-2H3/t6-,7-,8-,9+/m0/s1. The zero-order chi connectivity index (χ0) is 10.1. The lowest BCUT2D eigenvalue weighted by Crippen LogP contribution is -2.35. The summed E-state index contributed by atoms with van der Waals surface area (Å²) in [4.78, 5) is 0. The zero-order valence-electron chi connectivity index (χ0n) is 8.66. The molecule has 0 amide bonds. The van der Waals surface area contributed by atoms with E-state index >= 15 is 0 Å². The molecule has 14 heavy (non-hydrogen) atoms. The van der Waals surface area contributed by atoms with Crippen molar-refractivity contribution in [2.75, 3.05) is 5.75 Å². The molecule has 0 aromatic rings. The minimum Gasteiger partial charge on any atom is -0.212 e. The lowest BCUT2D eigenvalue weighted by Gasteiger charge is -2.26. The molecule has 4 atom stereocenters. The van der Waals surface area contributed by atoms with E-state index in [2.05, 4.69) is 18.6 Å². The quantitative estimate of drug-likeness (QED) is 0.654. The van der Waals surface area contributed by atoms with Crippen LogP contribution >= 0.6 is 0 Å². The topological polar surface area (TPSA) is 46.2 Å². The van der Waals surface area contributed by atoms with Crippen molar-refractivity contribution >= 4 is 10.0 Å². The van der Waals surface area contributed by atoms with Gasteiger partial charge >= 0.3 is 0 Å². The monoisotopic (exact) mass is 215 g/mol. The predicted molar refractivity (Wildman–Crippen MR) is 54.2 cm³/mol. The number of fused-ring (bicyclic) bond motifs is 5. The fourth-order valence-electron chi connectivity index (χ4n) is 4.23. The summed E-state index contributed by atoms with van der Waals surface area (Å²) in [5.41, 5.74) is 0.359. The first-order valence-electron chi connectivity index (χ1n) is 5.42. The predicted octanol–water partition coefficient (Wildman–Crippen LogP) is 0.970. The summed E-state index contributed by atoms with van der Waals surface area (Å²) in [6.07, 6.45) is 2.44. The molecular weight excluding hydrogens is 198 g/mol. The molecule has 1 heterocycles. The summed E-state index contributed by atoms with van der Waals surface area (Å²) in [6, 6.07) is 0.258. The maximum absolute atomic E-state index is 11.5. The first kappa shape index (κ1) is 9.16. The molecule has 0 unspecified atom stereocenters. The molecular formula is C10H17NO2S. The van der Waals surface area contributed by atoms with Crippen molar-refractivity contribution < 1.29 is 8.42 Å². The molecule has 0 spiro atoms. The van der Waals surface area contributed by atoms with E-state index in [1.54, 1.807) is 0 Å². The second-order valence-electron chi connectivity index (χ2n) is 5.70. The van der Waals surface area contributed by atoms with E-state index < -0.39 is 10.0 Å². The van der Waals surface area contributed by atoms with E-state index in [0.29, 0.717) is 28.9 Å². The summed E-state index contributed by atoms with van der Waals surface area (Å²) < 4.78 is 25.8. The Hall–Kier alpha value is -0.0900. The Morgan fingerprint density at radius 3 is 2.50 bits per heavy atom. The van der Waals surface area contributed by atoms with Gasteiger partial charge in [0.25, 0.3) is 0 Å². The number of rotatable bonds is 0. The van der Waals surface area contributed by atoms with E-state index in [1.807, 2.05) is 0 Å². The van der Waals surface area contributed by atoms with Crippen molar-refractivity contribution in [3.8, 4) is 0 Å². The third kappa shape index (κ3) is 0.936. The van der Waals surface area contributed by atoms with Gasteiger partial charge in [-0.25, -0.2) is 13.1 Å². The van der Waals surface area contributed by atoms with Crippen LogP contribution in [-0.2, 0) is 10.0 Å². The first-order valence-corrected chi connectivity index (χ1v) is 7.07. The van der Waals surface area contributed by atoms with Crippen LogP contribution in [0.1, 0.15) is 26.7 Å². The van der Waals surface area contributed by atoms with Gasteiger partial charge in [-0.2, -0.15) is 0 Å². The van der Waals surface area contributed by atoms with Crippen molar-refractivity contribution in [2.45, 2.75) is 32.7 Å².